The number of nitrogens with zero attached hydrogens (tertiary/aromatic N) is 4. The maximum Gasteiger partial charge on any atom is 0.224 e. The van der Waals surface area contributed by atoms with Crippen molar-refractivity contribution in [2.75, 3.05) is 37.2 Å². The Balaban J connectivity index is 1.35. The van der Waals surface area contributed by atoms with E-state index in [-0.39, 0.29) is 5.95 Å². The molecule has 3 heterocycles. The van der Waals surface area contributed by atoms with Gasteiger partial charge in [0.05, 0.1) is 6.33 Å². The summed E-state index contributed by atoms with van der Waals surface area (Å²) in [5.41, 5.74) is 10.0. The highest BCUT2D eigenvalue weighted by Gasteiger charge is 2.24. The van der Waals surface area contributed by atoms with Crippen molar-refractivity contribution in [2.45, 2.75) is 19.3 Å². The zero-order chi connectivity index (χ0) is 17.2. The van der Waals surface area contributed by atoms with E-state index in [0.717, 1.165) is 37.5 Å². The lowest BCUT2D eigenvalue weighted by Gasteiger charge is -2.17. The number of fused-ring (bicyclic) bond motifs is 1. The molecule has 1 fully saturated rings. The molecule has 1 aliphatic rings. The number of hydrogen-bond acceptors (Lipinski definition) is 6. The minimum Gasteiger partial charge on any atom is -0.368 e. The van der Waals surface area contributed by atoms with E-state index in [9.17, 15) is 0 Å². The molecule has 7 nitrogen and oxygen atoms in total. The summed E-state index contributed by atoms with van der Waals surface area (Å²) >= 11 is 0. The number of rotatable bonds is 5. The monoisotopic (exact) mass is 337 g/mol. The number of hydrogen-bond donors (Lipinski definition) is 3. The highest BCUT2D eigenvalue weighted by Crippen LogP contribution is 2.29. The normalized spacial score (nSPS) is 18.0. The van der Waals surface area contributed by atoms with Gasteiger partial charge >= 0.3 is 0 Å². The molecule has 130 valence electrons. The van der Waals surface area contributed by atoms with Crippen molar-refractivity contribution in [3.05, 3.63) is 41.7 Å². The first kappa shape index (κ1) is 15.8. The van der Waals surface area contributed by atoms with E-state index in [1.54, 1.807) is 6.33 Å². The van der Waals surface area contributed by atoms with Crippen molar-refractivity contribution < 1.29 is 0 Å². The second kappa shape index (κ2) is 6.68. The van der Waals surface area contributed by atoms with Crippen LogP contribution in [0, 0.1) is 6.92 Å². The van der Waals surface area contributed by atoms with Gasteiger partial charge in [-0.05, 0) is 36.9 Å². The van der Waals surface area contributed by atoms with Crippen molar-refractivity contribution >= 4 is 22.9 Å². The first-order chi connectivity index (χ1) is 12.2. The number of nitrogens with one attached hydrogen (secondary N) is 2. The lowest BCUT2D eigenvalue weighted by Crippen LogP contribution is -2.27. The van der Waals surface area contributed by atoms with Gasteiger partial charge in [-0.2, -0.15) is 9.97 Å². The van der Waals surface area contributed by atoms with Crippen LogP contribution in [0.4, 0.5) is 11.8 Å². The van der Waals surface area contributed by atoms with E-state index in [4.69, 9.17) is 5.73 Å². The molecule has 0 amide bonds. The van der Waals surface area contributed by atoms with Gasteiger partial charge in [-0.25, -0.2) is 4.98 Å². The summed E-state index contributed by atoms with van der Waals surface area (Å²) in [4.78, 5) is 18.1. The van der Waals surface area contributed by atoms with E-state index in [0.29, 0.717) is 11.6 Å². The number of aryl methyl sites for hydroxylation is 1. The highest BCUT2D eigenvalue weighted by molar-refractivity contribution is 5.83. The summed E-state index contributed by atoms with van der Waals surface area (Å²) in [6.07, 6.45) is 2.83. The molecule has 0 radical (unpaired) electrons. The lowest BCUT2D eigenvalue weighted by molar-refractivity contribution is 0.347. The molecule has 0 bridgehead atoms. The lowest BCUT2D eigenvalue weighted by atomic mass is 9.94. The summed E-state index contributed by atoms with van der Waals surface area (Å²) < 4.78 is 0. The first-order valence-corrected chi connectivity index (χ1v) is 8.69. The Bertz CT molecular complexity index is 873. The molecule has 25 heavy (non-hydrogen) atoms. The Labute approximate surface area is 146 Å². The predicted molar refractivity (Wildman–Crippen MR) is 99.6 cm³/mol. The van der Waals surface area contributed by atoms with E-state index in [1.165, 1.54) is 17.5 Å². The average molecular weight is 337 g/mol. The molecule has 4 N–H and O–H groups in total. The molecule has 7 heteroatoms. The van der Waals surface area contributed by atoms with E-state index in [2.05, 4.69) is 61.3 Å². The fraction of sp³-hybridized carbons (Fsp3) is 0.389. The Hall–Kier alpha value is -2.67. The Morgan fingerprint density at radius 1 is 1.32 bits per heavy atom. The van der Waals surface area contributed by atoms with Crippen LogP contribution in [0.2, 0.25) is 0 Å². The molecule has 1 aromatic carbocycles. The van der Waals surface area contributed by atoms with Gasteiger partial charge in [0.15, 0.2) is 11.5 Å². The van der Waals surface area contributed by atoms with Crippen molar-refractivity contribution in [3.63, 3.8) is 0 Å². The number of aromatic nitrogens is 4. The fourth-order valence-corrected chi connectivity index (χ4v) is 3.64. The van der Waals surface area contributed by atoms with E-state index in [1.807, 2.05) is 0 Å². The van der Waals surface area contributed by atoms with Crippen LogP contribution >= 0.6 is 0 Å². The van der Waals surface area contributed by atoms with E-state index >= 15 is 0 Å². The molecular formula is C18H23N7. The summed E-state index contributed by atoms with van der Waals surface area (Å²) in [6, 6.07) is 8.72. The fourth-order valence-electron chi connectivity index (χ4n) is 3.64. The molecule has 1 aliphatic heterocycles. The van der Waals surface area contributed by atoms with Gasteiger partial charge < -0.3 is 20.9 Å². The number of H-pyrrole nitrogens is 1. The molecule has 0 aliphatic carbocycles. The zero-order valence-electron chi connectivity index (χ0n) is 14.4. The standard InChI is InChI=1S/C18H23N7/c1-12-4-2-3-5-14(12)13-6-8-25(10-13)9-7-20-16-15-17(22-11-21-15)24-18(19)23-16/h2-5,11,13H,6-10H2,1H3,(H4,19,20,21,22,23,24)/t13-/m0/s1. The van der Waals surface area contributed by atoms with Crippen molar-refractivity contribution in [1.29, 1.82) is 0 Å². The van der Waals surface area contributed by atoms with Gasteiger partial charge in [-0.1, -0.05) is 24.3 Å². The van der Waals surface area contributed by atoms with Crippen LogP contribution in [-0.2, 0) is 0 Å². The van der Waals surface area contributed by atoms with Crippen molar-refractivity contribution in [1.82, 2.24) is 24.8 Å². The third-order valence-corrected chi connectivity index (χ3v) is 4.92. The Morgan fingerprint density at radius 2 is 2.20 bits per heavy atom. The zero-order valence-corrected chi connectivity index (χ0v) is 14.4. The van der Waals surface area contributed by atoms with Crippen LogP contribution in [0.5, 0.6) is 0 Å². The Kier molecular flexibility index (Phi) is 4.23. The molecule has 1 saturated heterocycles. The summed E-state index contributed by atoms with van der Waals surface area (Å²) in [6.45, 7) is 6.23. The second-order valence-electron chi connectivity index (χ2n) is 6.60. The molecule has 0 spiro atoms. The van der Waals surface area contributed by atoms with Gasteiger partial charge in [-0.3, -0.25) is 0 Å². The van der Waals surface area contributed by atoms with Gasteiger partial charge in [0.1, 0.15) is 5.52 Å². The van der Waals surface area contributed by atoms with Crippen molar-refractivity contribution in [2.24, 2.45) is 0 Å². The maximum absolute atomic E-state index is 5.75. The van der Waals surface area contributed by atoms with E-state index < -0.39 is 0 Å². The Morgan fingerprint density at radius 3 is 3.08 bits per heavy atom. The van der Waals surface area contributed by atoms with Gasteiger partial charge in [0, 0.05) is 19.6 Å². The number of nitrogens with two attached hydrogens (primary N) is 1. The average Bonchev–Trinajstić information content (AvgIpc) is 3.24. The second-order valence-corrected chi connectivity index (χ2v) is 6.60. The summed E-state index contributed by atoms with van der Waals surface area (Å²) in [5.74, 6) is 1.59. The molecule has 4 rings (SSSR count). The van der Waals surface area contributed by atoms with Crippen LogP contribution in [-0.4, -0.2) is 51.0 Å². The third-order valence-electron chi connectivity index (χ3n) is 4.92. The number of likely N-dealkylation sites (tertiary alicyclic amines) is 1. The van der Waals surface area contributed by atoms with Gasteiger partial charge in [0.25, 0.3) is 0 Å². The SMILES string of the molecule is Cc1ccccc1[C@H]1CCN(CCNc2nc(N)nc3nc[nH]c23)C1. The quantitative estimate of drug-likeness (QED) is 0.660. The van der Waals surface area contributed by atoms with Gasteiger partial charge in [0.2, 0.25) is 5.95 Å². The van der Waals surface area contributed by atoms with Gasteiger partial charge in [-0.15, -0.1) is 0 Å². The summed E-state index contributed by atoms with van der Waals surface area (Å²) in [5, 5.41) is 3.36. The van der Waals surface area contributed by atoms with Crippen molar-refractivity contribution in [3.8, 4) is 0 Å². The van der Waals surface area contributed by atoms with Crippen LogP contribution < -0.4 is 11.1 Å². The third kappa shape index (κ3) is 3.28. The topological polar surface area (TPSA) is 95.8 Å². The number of benzene rings is 1. The highest BCUT2D eigenvalue weighted by atomic mass is 15.2. The maximum atomic E-state index is 5.75. The predicted octanol–water partition coefficient (Wildman–Crippen LogP) is 2.14. The molecule has 0 unspecified atom stereocenters. The molecule has 2 aromatic heterocycles. The number of imidazole rings is 1. The first-order valence-electron chi connectivity index (χ1n) is 8.69. The minimum atomic E-state index is 0.239. The molecule has 0 saturated carbocycles. The minimum absolute atomic E-state index is 0.239. The summed E-state index contributed by atoms with van der Waals surface area (Å²) in [7, 11) is 0. The molecular weight excluding hydrogens is 314 g/mol. The molecule has 3 aromatic rings. The molecule has 1 atom stereocenters. The number of nitrogen functional groups attached to an aromatic ring is 1. The number of aromatic amines is 1. The number of anilines is 2. The van der Waals surface area contributed by atoms with Crippen LogP contribution in [0.15, 0.2) is 30.6 Å². The van der Waals surface area contributed by atoms with Crippen LogP contribution in [0.3, 0.4) is 0 Å². The van der Waals surface area contributed by atoms with Crippen LogP contribution in [0.25, 0.3) is 11.2 Å². The largest absolute Gasteiger partial charge is 0.368 e. The van der Waals surface area contributed by atoms with Crippen LogP contribution in [0.1, 0.15) is 23.5 Å². The smallest absolute Gasteiger partial charge is 0.224 e.